The molecule has 0 fully saturated rings. The number of benzene rings is 1. The number of rotatable bonds is 2. The Bertz CT molecular complexity index is 603. The van der Waals surface area contributed by atoms with E-state index in [0.29, 0.717) is 0 Å². The number of halogens is 1. The summed E-state index contributed by atoms with van der Waals surface area (Å²) >= 11 is 0. The summed E-state index contributed by atoms with van der Waals surface area (Å²) in [7, 11) is 0. The van der Waals surface area contributed by atoms with Gasteiger partial charge in [0.25, 0.3) is 0 Å². The Labute approximate surface area is 112 Å². The first-order chi connectivity index (χ1) is 9.20. The maximum Gasteiger partial charge on any atom is 0.128 e. The van der Waals surface area contributed by atoms with Crippen LogP contribution in [-0.4, -0.2) is 16.3 Å². The first-order valence-corrected chi connectivity index (χ1v) is 6.78. The third-order valence-corrected chi connectivity index (χ3v) is 3.82. The number of nitrogens with one attached hydrogen (secondary N) is 1. The molecule has 0 amide bonds. The average molecular weight is 259 g/mol. The normalized spacial score (nSPS) is 17.9. The molecule has 2 aromatic rings. The van der Waals surface area contributed by atoms with Crippen LogP contribution in [0.25, 0.3) is 0 Å². The second-order valence-corrected chi connectivity index (χ2v) is 5.00. The van der Waals surface area contributed by atoms with Gasteiger partial charge in [0.05, 0.1) is 11.7 Å². The molecular weight excluding hydrogens is 241 g/mol. The van der Waals surface area contributed by atoms with Gasteiger partial charge in [0.1, 0.15) is 11.6 Å². The number of anilines is 1. The van der Waals surface area contributed by atoms with Gasteiger partial charge in [0, 0.05) is 12.1 Å². The molecule has 1 unspecified atom stereocenters. The third-order valence-electron chi connectivity index (χ3n) is 3.82. The molecule has 3 nitrogen and oxygen atoms in total. The highest BCUT2D eigenvalue weighted by molar-refractivity contribution is 5.49. The van der Waals surface area contributed by atoms with Crippen molar-refractivity contribution >= 4 is 5.82 Å². The minimum Gasteiger partial charge on any atom is -0.370 e. The minimum absolute atomic E-state index is 0.131. The Morgan fingerprint density at radius 2 is 2.32 bits per heavy atom. The zero-order chi connectivity index (χ0) is 13.4. The van der Waals surface area contributed by atoms with Gasteiger partial charge >= 0.3 is 0 Å². The van der Waals surface area contributed by atoms with Gasteiger partial charge in [0.15, 0.2) is 0 Å². The Balaban J connectivity index is 2.07. The third kappa shape index (κ3) is 2.01. The summed E-state index contributed by atoms with van der Waals surface area (Å²) in [6, 6.07) is 6.97. The second-order valence-electron chi connectivity index (χ2n) is 5.00. The number of hydrogen-bond acceptors (Lipinski definition) is 2. The number of aryl methyl sites for hydroxylation is 1. The van der Waals surface area contributed by atoms with E-state index in [9.17, 15) is 4.39 Å². The van der Waals surface area contributed by atoms with Crippen molar-refractivity contribution < 1.29 is 4.39 Å². The average Bonchev–Trinajstić information content (AvgIpc) is 2.75. The largest absolute Gasteiger partial charge is 0.370 e. The van der Waals surface area contributed by atoms with Crippen LogP contribution >= 0.6 is 0 Å². The summed E-state index contributed by atoms with van der Waals surface area (Å²) < 4.78 is 15.4. The monoisotopic (exact) mass is 259 g/mol. The van der Waals surface area contributed by atoms with E-state index in [0.717, 1.165) is 36.5 Å². The maximum atomic E-state index is 13.4. The summed E-state index contributed by atoms with van der Waals surface area (Å²) in [6.45, 7) is 5.11. The molecular formula is C15H18FN3. The predicted molar refractivity (Wildman–Crippen MR) is 74.0 cm³/mol. The van der Waals surface area contributed by atoms with Crippen molar-refractivity contribution in [3.8, 4) is 0 Å². The van der Waals surface area contributed by atoms with Crippen LogP contribution in [-0.2, 0) is 6.42 Å². The molecule has 0 spiro atoms. The fourth-order valence-electron chi connectivity index (χ4n) is 2.81. The van der Waals surface area contributed by atoms with Crippen LogP contribution in [0, 0.1) is 12.7 Å². The topological polar surface area (TPSA) is 29.9 Å². The highest BCUT2D eigenvalue weighted by Gasteiger charge is 2.25. The van der Waals surface area contributed by atoms with Crippen molar-refractivity contribution in [1.82, 2.24) is 9.78 Å². The van der Waals surface area contributed by atoms with Gasteiger partial charge in [0.2, 0.25) is 0 Å². The van der Waals surface area contributed by atoms with E-state index in [2.05, 4.69) is 24.3 Å². The highest BCUT2D eigenvalue weighted by Crippen LogP contribution is 2.32. The highest BCUT2D eigenvalue weighted by atomic mass is 19.1. The quantitative estimate of drug-likeness (QED) is 0.896. The van der Waals surface area contributed by atoms with Crippen LogP contribution < -0.4 is 5.32 Å². The summed E-state index contributed by atoms with van der Waals surface area (Å²) in [5.74, 6) is 0.898. The Morgan fingerprint density at radius 1 is 1.47 bits per heavy atom. The summed E-state index contributed by atoms with van der Waals surface area (Å²) in [6.07, 6.45) is 1.85. The van der Waals surface area contributed by atoms with Gasteiger partial charge in [-0.2, -0.15) is 5.10 Å². The molecule has 1 aliphatic heterocycles. The van der Waals surface area contributed by atoms with E-state index in [1.807, 2.05) is 10.7 Å². The number of nitrogens with zero attached hydrogens (tertiary/aromatic N) is 2. The lowest BCUT2D eigenvalue weighted by Gasteiger charge is -2.26. The van der Waals surface area contributed by atoms with Gasteiger partial charge < -0.3 is 5.32 Å². The summed E-state index contributed by atoms with van der Waals surface area (Å²) in [5, 5.41) is 8.09. The first kappa shape index (κ1) is 12.2. The fourth-order valence-corrected chi connectivity index (χ4v) is 2.81. The molecule has 3 rings (SSSR count). The summed E-state index contributed by atoms with van der Waals surface area (Å²) in [4.78, 5) is 0. The molecule has 0 bridgehead atoms. The smallest absolute Gasteiger partial charge is 0.128 e. The van der Waals surface area contributed by atoms with Crippen molar-refractivity contribution in [3.05, 3.63) is 46.9 Å². The molecule has 0 aliphatic carbocycles. The zero-order valence-corrected chi connectivity index (χ0v) is 11.3. The lowest BCUT2D eigenvalue weighted by Crippen LogP contribution is -2.24. The van der Waals surface area contributed by atoms with E-state index >= 15 is 0 Å². The zero-order valence-electron chi connectivity index (χ0n) is 11.3. The molecule has 2 heterocycles. The van der Waals surface area contributed by atoms with Crippen molar-refractivity contribution in [2.75, 3.05) is 11.9 Å². The van der Waals surface area contributed by atoms with Gasteiger partial charge in [-0.1, -0.05) is 19.1 Å². The molecule has 19 heavy (non-hydrogen) atoms. The van der Waals surface area contributed by atoms with Gasteiger partial charge in [-0.15, -0.1) is 0 Å². The second kappa shape index (κ2) is 4.68. The van der Waals surface area contributed by atoms with Crippen LogP contribution in [0.5, 0.6) is 0 Å². The van der Waals surface area contributed by atoms with E-state index in [1.54, 1.807) is 12.1 Å². The molecule has 1 N–H and O–H groups in total. The van der Waals surface area contributed by atoms with Crippen molar-refractivity contribution in [2.45, 2.75) is 32.7 Å². The van der Waals surface area contributed by atoms with Crippen LogP contribution in [0.1, 0.15) is 36.2 Å². The van der Waals surface area contributed by atoms with Crippen molar-refractivity contribution in [2.24, 2.45) is 0 Å². The van der Waals surface area contributed by atoms with E-state index in [-0.39, 0.29) is 11.9 Å². The van der Waals surface area contributed by atoms with Crippen molar-refractivity contribution in [3.63, 3.8) is 0 Å². The molecule has 1 aliphatic rings. The van der Waals surface area contributed by atoms with Gasteiger partial charge in [-0.05, 0) is 37.5 Å². The van der Waals surface area contributed by atoms with E-state index in [1.165, 1.54) is 11.6 Å². The van der Waals surface area contributed by atoms with Crippen molar-refractivity contribution in [1.29, 1.82) is 0 Å². The van der Waals surface area contributed by atoms with Gasteiger partial charge in [-0.3, -0.25) is 0 Å². The minimum atomic E-state index is -0.183. The number of aromatic nitrogens is 2. The Hall–Kier alpha value is -1.84. The summed E-state index contributed by atoms with van der Waals surface area (Å²) in [5.41, 5.74) is 3.32. The molecule has 4 heteroatoms. The van der Waals surface area contributed by atoms with E-state index < -0.39 is 0 Å². The number of fused-ring (bicyclic) bond motifs is 1. The lowest BCUT2D eigenvalue weighted by molar-refractivity contribution is 0.475. The SMILES string of the molecule is CCc1nn2c(c1C)NCCC2c1cccc(F)c1. The number of hydrogen-bond donors (Lipinski definition) is 1. The molecule has 0 saturated heterocycles. The maximum absolute atomic E-state index is 13.4. The molecule has 1 aromatic carbocycles. The predicted octanol–water partition coefficient (Wildman–Crippen LogP) is 3.30. The lowest BCUT2D eigenvalue weighted by atomic mass is 10.0. The molecule has 0 radical (unpaired) electrons. The van der Waals surface area contributed by atoms with Crippen LogP contribution in [0.15, 0.2) is 24.3 Å². The standard InChI is InChI=1S/C15H18FN3/c1-3-13-10(2)15-17-8-7-14(19(15)18-13)11-5-4-6-12(16)9-11/h4-6,9,14,17H,3,7-8H2,1-2H3. The fraction of sp³-hybridized carbons (Fsp3) is 0.400. The molecule has 100 valence electrons. The van der Waals surface area contributed by atoms with Gasteiger partial charge in [-0.25, -0.2) is 9.07 Å². The van der Waals surface area contributed by atoms with Crippen LogP contribution in [0.2, 0.25) is 0 Å². The first-order valence-electron chi connectivity index (χ1n) is 6.78. The molecule has 0 saturated carbocycles. The molecule has 1 aromatic heterocycles. The Kier molecular flexibility index (Phi) is 3.01. The molecule has 1 atom stereocenters. The van der Waals surface area contributed by atoms with Crippen LogP contribution in [0.4, 0.5) is 10.2 Å². The Morgan fingerprint density at radius 3 is 3.05 bits per heavy atom. The van der Waals surface area contributed by atoms with Crippen LogP contribution in [0.3, 0.4) is 0 Å². The van der Waals surface area contributed by atoms with E-state index in [4.69, 9.17) is 0 Å².